The third-order valence-corrected chi connectivity index (χ3v) is 6.00. The van der Waals surface area contributed by atoms with Crippen molar-refractivity contribution in [3.05, 3.63) is 66.2 Å². The molecule has 1 unspecified atom stereocenters. The summed E-state index contributed by atoms with van der Waals surface area (Å²) < 4.78 is 1.45. The topological polar surface area (TPSA) is 23.8 Å². The molecule has 0 radical (unpaired) electrons. The van der Waals surface area contributed by atoms with E-state index in [1.165, 1.54) is 16.4 Å². The van der Waals surface area contributed by atoms with Gasteiger partial charge in [0.25, 0.3) is 0 Å². The van der Waals surface area contributed by atoms with Gasteiger partial charge in [-0.2, -0.15) is 0 Å². The van der Waals surface area contributed by atoms with E-state index < -0.39 is 0 Å². The Morgan fingerprint density at radius 1 is 0.900 bits per heavy atom. The van der Waals surface area contributed by atoms with Crippen molar-refractivity contribution in [3.63, 3.8) is 0 Å². The number of unbranched alkanes of at least 4 members (excludes halogenated alkanes) is 2. The summed E-state index contributed by atoms with van der Waals surface area (Å²) in [5.74, 6) is 0. The van der Waals surface area contributed by atoms with Crippen molar-refractivity contribution >= 4 is 19.4 Å². The summed E-state index contributed by atoms with van der Waals surface area (Å²) in [5.41, 5.74) is 1.44. The van der Waals surface area contributed by atoms with Crippen LogP contribution >= 0.6 is 0 Å². The molecule has 1 nitrogen and oxygen atoms in total. The van der Waals surface area contributed by atoms with E-state index >= 15 is 0 Å². The van der Waals surface area contributed by atoms with E-state index in [0.29, 0.717) is 26.2 Å². The fourth-order valence-corrected chi connectivity index (χ4v) is 4.72. The Morgan fingerprint density at radius 2 is 1.55 bits per heavy atom. The van der Waals surface area contributed by atoms with Crippen LogP contribution in [0.3, 0.4) is 0 Å². The van der Waals surface area contributed by atoms with Gasteiger partial charge in [0, 0.05) is 0 Å². The zero-order valence-corrected chi connectivity index (χ0v) is 13.2. The van der Waals surface area contributed by atoms with Gasteiger partial charge in [0.05, 0.1) is 0 Å². The Kier molecular flexibility index (Phi) is 6.38. The maximum atomic E-state index is 8.64. The van der Waals surface area contributed by atoms with Crippen molar-refractivity contribution < 1.29 is 0 Å². The Balaban J connectivity index is 2.02. The van der Waals surface area contributed by atoms with Crippen LogP contribution in [0.2, 0.25) is 0 Å². The number of hydrogen-bond donors (Lipinski definition) is 0. The van der Waals surface area contributed by atoms with Crippen molar-refractivity contribution in [2.45, 2.75) is 30.5 Å². The van der Waals surface area contributed by atoms with Gasteiger partial charge in [-0.1, -0.05) is 0 Å². The number of hydrogen-bond acceptors (Lipinski definition) is 1. The second-order valence-corrected chi connectivity index (χ2v) is 7.41. The van der Waals surface area contributed by atoms with E-state index in [1.807, 2.05) is 0 Å². The third-order valence-electron chi connectivity index (χ3n) is 3.20. The first kappa shape index (κ1) is 14.9. The molecule has 2 heteroatoms. The molecular weight excluding hydrogens is 309 g/mol. The minimum atomic E-state index is 0.454. The number of nitrogens with zero attached hydrogens (tertiary/aromatic N) is 1. The van der Waals surface area contributed by atoms with Crippen LogP contribution in [0.15, 0.2) is 60.7 Å². The van der Waals surface area contributed by atoms with Crippen LogP contribution in [0.4, 0.5) is 0 Å². The monoisotopic (exact) mass is 329 g/mol. The average Bonchev–Trinajstić information content (AvgIpc) is 2.52. The van der Waals surface area contributed by atoms with Crippen LogP contribution in [0.5, 0.6) is 0 Å². The SMILES string of the molecule is N#CCCCCC([Se]c1ccccc1)c1ccccc1. The fourth-order valence-electron chi connectivity index (χ4n) is 2.16. The molecule has 20 heavy (non-hydrogen) atoms. The van der Waals surface area contributed by atoms with E-state index in [4.69, 9.17) is 5.26 Å². The van der Waals surface area contributed by atoms with E-state index in [0.717, 1.165) is 12.8 Å². The van der Waals surface area contributed by atoms with Crippen LogP contribution in [0.1, 0.15) is 36.1 Å². The van der Waals surface area contributed by atoms with Gasteiger partial charge in [0.15, 0.2) is 0 Å². The average molecular weight is 328 g/mol. The van der Waals surface area contributed by atoms with Gasteiger partial charge >= 0.3 is 127 Å². The fraction of sp³-hybridized carbons (Fsp3) is 0.278. The first-order valence-electron chi connectivity index (χ1n) is 7.04. The van der Waals surface area contributed by atoms with Crippen molar-refractivity contribution in [2.24, 2.45) is 0 Å². The van der Waals surface area contributed by atoms with Crippen molar-refractivity contribution in [2.75, 3.05) is 0 Å². The molecule has 0 aliphatic carbocycles. The van der Waals surface area contributed by atoms with Gasteiger partial charge in [0.2, 0.25) is 0 Å². The minimum absolute atomic E-state index is 0.454. The summed E-state index contributed by atoms with van der Waals surface area (Å²) >= 11 is 0.454. The Morgan fingerprint density at radius 3 is 2.20 bits per heavy atom. The number of benzene rings is 2. The quantitative estimate of drug-likeness (QED) is 0.560. The number of nitriles is 1. The predicted octanol–water partition coefficient (Wildman–Crippen LogP) is 3.84. The van der Waals surface area contributed by atoms with Gasteiger partial charge < -0.3 is 0 Å². The van der Waals surface area contributed by atoms with Crippen LogP contribution in [0.25, 0.3) is 0 Å². The van der Waals surface area contributed by atoms with Crippen molar-refractivity contribution in [1.82, 2.24) is 0 Å². The van der Waals surface area contributed by atoms with Gasteiger partial charge in [0.1, 0.15) is 0 Å². The summed E-state index contributed by atoms with van der Waals surface area (Å²) in [6, 6.07) is 23.8. The van der Waals surface area contributed by atoms with Gasteiger partial charge in [-0.25, -0.2) is 0 Å². The van der Waals surface area contributed by atoms with E-state index in [2.05, 4.69) is 66.7 Å². The Hall–Kier alpha value is -1.55. The van der Waals surface area contributed by atoms with Gasteiger partial charge in [-0.3, -0.25) is 0 Å². The molecule has 0 heterocycles. The first-order valence-corrected chi connectivity index (χ1v) is 8.88. The van der Waals surface area contributed by atoms with Gasteiger partial charge in [-0.05, 0) is 0 Å². The summed E-state index contributed by atoms with van der Waals surface area (Å²) in [4.78, 5) is 0.616. The molecule has 0 bridgehead atoms. The molecule has 0 fully saturated rings. The van der Waals surface area contributed by atoms with Crippen LogP contribution in [-0.4, -0.2) is 15.0 Å². The Bertz CT molecular complexity index is 530. The predicted molar refractivity (Wildman–Crippen MR) is 85.1 cm³/mol. The molecule has 0 N–H and O–H groups in total. The molecule has 0 aliphatic rings. The molecule has 102 valence electrons. The summed E-state index contributed by atoms with van der Waals surface area (Å²) in [7, 11) is 0. The van der Waals surface area contributed by atoms with Crippen LogP contribution < -0.4 is 4.46 Å². The van der Waals surface area contributed by atoms with Crippen LogP contribution in [-0.2, 0) is 0 Å². The molecule has 2 aromatic rings. The van der Waals surface area contributed by atoms with Crippen LogP contribution in [0, 0.1) is 11.3 Å². The van der Waals surface area contributed by atoms with E-state index in [-0.39, 0.29) is 0 Å². The molecular formula is C18H19NSe. The van der Waals surface area contributed by atoms with Gasteiger partial charge in [-0.15, -0.1) is 0 Å². The van der Waals surface area contributed by atoms with E-state index in [9.17, 15) is 0 Å². The van der Waals surface area contributed by atoms with Crippen molar-refractivity contribution in [3.8, 4) is 6.07 Å². The first-order chi connectivity index (χ1) is 9.90. The molecule has 0 aromatic heterocycles. The molecule has 0 aliphatic heterocycles. The second-order valence-electron chi connectivity index (χ2n) is 4.73. The molecule has 0 amide bonds. The summed E-state index contributed by atoms with van der Waals surface area (Å²) in [5, 5.41) is 8.64. The van der Waals surface area contributed by atoms with Crippen molar-refractivity contribution in [1.29, 1.82) is 5.26 Å². The normalized spacial score (nSPS) is 11.8. The Labute approximate surface area is 127 Å². The zero-order valence-electron chi connectivity index (χ0n) is 11.5. The molecule has 1 atom stereocenters. The number of rotatable bonds is 7. The molecule has 0 saturated carbocycles. The molecule has 0 saturated heterocycles. The molecule has 2 aromatic carbocycles. The second kappa shape index (κ2) is 8.59. The van der Waals surface area contributed by atoms with E-state index in [1.54, 1.807) is 0 Å². The molecule has 2 rings (SSSR count). The maximum absolute atomic E-state index is 8.64. The summed E-state index contributed by atoms with van der Waals surface area (Å²) in [6.07, 6.45) is 4.02. The zero-order chi connectivity index (χ0) is 14.0. The third kappa shape index (κ3) is 4.85. The molecule has 0 spiro atoms. The summed E-state index contributed by atoms with van der Waals surface area (Å²) in [6.45, 7) is 0. The standard InChI is InChI=1S/C18H19NSe/c19-15-9-3-8-14-18(16-10-4-1-5-11-16)20-17-12-6-2-7-13-17/h1-2,4-7,10-13,18H,3,8-9,14H2.